The van der Waals surface area contributed by atoms with E-state index in [0.717, 1.165) is 20.7 Å². The molecule has 6 heteroatoms. The molecule has 1 N–H and O–H groups in total. The maximum Gasteiger partial charge on any atom is 0.252 e. The first-order valence-corrected chi connectivity index (χ1v) is 8.84. The standard InChI is InChI=1S/C19H18IN3O2/c1-23-11-10-21-18(23)17(13-6-8-16(25-2)9-7-13)22-19(24)14-4-3-5-15(20)12-14/h3-12,17H,1-2H3,(H,22,24). The number of hydrogen-bond donors (Lipinski definition) is 1. The number of ether oxygens (including phenoxy) is 1. The third-order valence-electron chi connectivity index (χ3n) is 3.93. The summed E-state index contributed by atoms with van der Waals surface area (Å²) in [4.78, 5) is 17.1. The summed E-state index contributed by atoms with van der Waals surface area (Å²) in [6, 6.07) is 14.8. The summed E-state index contributed by atoms with van der Waals surface area (Å²) >= 11 is 2.20. The van der Waals surface area contributed by atoms with Gasteiger partial charge >= 0.3 is 0 Å². The van der Waals surface area contributed by atoms with Crippen LogP contribution in [0.5, 0.6) is 5.75 Å². The van der Waals surface area contributed by atoms with E-state index in [4.69, 9.17) is 4.74 Å². The van der Waals surface area contributed by atoms with E-state index in [9.17, 15) is 4.79 Å². The maximum atomic E-state index is 12.7. The van der Waals surface area contributed by atoms with Gasteiger partial charge in [0.25, 0.3) is 5.91 Å². The Labute approximate surface area is 160 Å². The first kappa shape index (κ1) is 17.5. The van der Waals surface area contributed by atoms with E-state index in [1.807, 2.05) is 60.3 Å². The summed E-state index contributed by atoms with van der Waals surface area (Å²) in [5.41, 5.74) is 1.56. The molecule has 3 aromatic rings. The lowest BCUT2D eigenvalue weighted by Gasteiger charge is -2.19. The molecule has 1 amide bonds. The number of aryl methyl sites for hydroxylation is 1. The summed E-state index contributed by atoms with van der Waals surface area (Å²) in [6.45, 7) is 0. The number of imidazole rings is 1. The minimum absolute atomic E-state index is 0.137. The summed E-state index contributed by atoms with van der Waals surface area (Å²) in [5.74, 6) is 1.40. The summed E-state index contributed by atoms with van der Waals surface area (Å²) in [7, 11) is 3.54. The minimum atomic E-state index is -0.351. The SMILES string of the molecule is COc1ccc(C(NC(=O)c2cccc(I)c2)c2nccn2C)cc1. The second kappa shape index (κ2) is 7.69. The molecule has 25 heavy (non-hydrogen) atoms. The van der Waals surface area contributed by atoms with Crippen molar-refractivity contribution in [3.8, 4) is 5.75 Å². The Bertz CT molecular complexity index is 874. The fourth-order valence-corrected chi connectivity index (χ4v) is 3.14. The predicted octanol–water partition coefficient (Wildman–Crippen LogP) is 3.55. The number of methoxy groups -OCH3 is 1. The highest BCUT2D eigenvalue weighted by Crippen LogP contribution is 2.23. The molecule has 3 rings (SSSR count). The van der Waals surface area contributed by atoms with Gasteiger partial charge in [0.05, 0.1) is 7.11 Å². The van der Waals surface area contributed by atoms with Gasteiger partial charge in [-0.15, -0.1) is 0 Å². The fourth-order valence-electron chi connectivity index (χ4n) is 2.59. The van der Waals surface area contributed by atoms with Gasteiger partial charge in [0.15, 0.2) is 0 Å². The van der Waals surface area contributed by atoms with E-state index in [1.165, 1.54) is 0 Å². The van der Waals surface area contributed by atoms with Crippen molar-refractivity contribution < 1.29 is 9.53 Å². The maximum absolute atomic E-state index is 12.7. The molecule has 0 radical (unpaired) electrons. The number of benzene rings is 2. The van der Waals surface area contributed by atoms with Gasteiger partial charge in [0.1, 0.15) is 17.6 Å². The second-order valence-electron chi connectivity index (χ2n) is 5.59. The molecule has 0 aliphatic carbocycles. The van der Waals surface area contributed by atoms with Crippen molar-refractivity contribution in [2.45, 2.75) is 6.04 Å². The van der Waals surface area contributed by atoms with Gasteiger partial charge in [0, 0.05) is 28.6 Å². The molecule has 0 bridgehead atoms. The quantitative estimate of drug-likeness (QED) is 0.609. The molecule has 0 saturated carbocycles. The highest BCUT2D eigenvalue weighted by atomic mass is 127. The summed E-state index contributed by atoms with van der Waals surface area (Å²) in [6.07, 6.45) is 3.59. The smallest absolute Gasteiger partial charge is 0.252 e. The molecule has 0 aliphatic heterocycles. The largest absolute Gasteiger partial charge is 0.497 e. The molecule has 128 valence electrons. The van der Waals surface area contributed by atoms with Crippen LogP contribution in [0.25, 0.3) is 0 Å². The second-order valence-corrected chi connectivity index (χ2v) is 6.83. The Balaban J connectivity index is 1.94. The topological polar surface area (TPSA) is 56.1 Å². The number of hydrogen-bond acceptors (Lipinski definition) is 3. The first-order valence-electron chi connectivity index (χ1n) is 7.76. The zero-order valence-corrected chi connectivity index (χ0v) is 16.1. The van der Waals surface area contributed by atoms with Gasteiger partial charge < -0.3 is 14.6 Å². The third kappa shape index (κ3) is 4.01. The number of rotatable bonds is 5. The molecule has 2 aromatic carbocycles. The van der Waals surface area contributed by atoms with Crippen LogP contribution in [0.3, 0.4) is 0 Å². The van der Waals surface area contributed by atoms with E-state index in [-0.39, 0.29) is 11.9 Å². The van der Waals surface area contributed by atoms with Crippen molar-refractivity contribution in [2.24, 2.45) is 7.05 Å². The van der Waals surface area contributed by atoms with Crippen LogP contribution in [-0.2, 0) is 7.05 Å². The van der Waals surface area contributed by atoms with E-state index in [0.29, 0.717) is 5.56 Å². The zero-order valence-electron chi connectivity index (χ0n) is 13.9. The van der Waals surface area contributed by atoms with Gasteiger partial charge in [-0.05, 0) is 58.5 Å². The van der Waals surface area contributed by atoms with Crippen LogP contribution in [0.15, 0.2) is 60.9 Å². The van der Waals surface area contributed by atoms with Crippen molar-refractivity contribution in [3.05, 3.63) is 81.4 Å². The number of nitrogens with one attached hydrogen (secondary N) is 1. The Kier molecular flexibility index (Phi) is 5.37. The number of aromatic nitrogens is 2. The number of nitrogens with zero attached hydrogens (tertiary/aromatic N) is 2. The van der Waals surface area contributed by atoms with Crippen LogP contribution in [0.2, 0.25) is 0 Å². The monoisotopic (exact) mass is 447 g/mol. The Morgan fingerprint density at radius 3 is 2.60 bits per heavy atom. The number of halogens is 1. The van der Waals surface area contributed by atoms with Crippen molar-refractivity contribution in [2.75, 3.05) is 7.11 Å². The zero-order chi connectivity index (χ0) is 17.8. The van der Waals surface area contributed by atoms with E-state index < -0.39 is 0 Å². The molecule has 0 fully saturated rings. The molecule has 0 saturated heterocycles. The molecule has 0 aliphatic rings. The van der Waals surface area contributed by atoms with Crippen LogP contribution in [0.4, 0.5) is 0 Å². The van der Waals surface area contributed by atoms with Gasteiger partial charge in [-0.25, -0.2) is 4.98 Å². The van der Waals surface area contributed by atoms with Crippen LogP contribution in [-0.4, -0.2) is 22.6 Å². The lowest BCUT2D eigenvalue weighted by molar-refractivity contribution is 0.0941. The van der Waals surface area contributed by atoms with Crippen molar-refractivity contribution in [1.29, 1.82) is 0 Å². The number of amides is 1. The lowest BCUT2D eigenvalue weighted by atomic mass is 10.0. The van der Waals surface area contributed by atoms with Gasteiger partial charge in [-0.2, -0.15) is 0 Å². The molecule has 0 spiro atoms. The molecular weight excluding hydrogens is 429 g/mol. The van der Waals surface area contributed by atoms with Gasteiger partial charge in [-0.1, -0.05) is 18.2 Å². The average molecular weight is 447 g/mol. The van der Waals surface area contributed by atoms with E-state index in [2.05, 4.69) is 32.9 Å². The Morgan fingerprint density at radius 2 is 2.00 bits per heavy atom. The third-order valence-corrected chi connectivity index (χ3v) is 4.60. The van der Waals surface area contributed by atoms with Crippen LogP contribution >= 0.6 is 22.6 Å². The van der Waals surface area contributed by atoms with Crippen LogP contribution in [0, 0.1) is 3.57 Å². The molecular formula is C19H18IN3O2. The molecule has 1 unspecified atom stereocenters. The average Bonchev–Trinajstić information content (AvgIpc) is 3.05. The minimum Gasteiger partial charge on any atom is -0.497 e. The molecule has 1 aromatic heterocycles. The Morgan fingerprint density at radius 1 is 1.24 bits per heavy atom. The predicted molar refractivity (Wildman–Crippen MR) is 105 cm³/mol. The van der Waals surface area contributed by atoms with Gasteiger partial charge in [-0.3, -0.25) is 4.79 Å². The fraction of sp³-hybridized carbons (Fsp3) is 0.158. The Hall–Kier alpha value is -2.35. The van der Waals surface area contributed by atoms with Gasteiger partial charge in [0.2, 0.25) is 0 Å². The summed E-state index contributed by atoms with van der Waals surface area (Å²) in [5, 5.41) is 3.09. The van der Waals surface area contributed by atoms with E-state index in [1.54, 1.807) is 19.4 Å². The van der Waals surface area contributed by atoms with Crippen molar-refractivity contribution >= 4 is 28.5 Å². The highest BCUT2D eigenvalue weighted by molar-refractivity contribution is 14.1. The molecule has 1 atom stereocenters. The van der Waals surface area contributed by atoms with E-state index >= 15 is 0 Å². The molecule has 1 heterocycles. The normalized spacial score (nSPS) is 11.8. The van der Waals surface area contributed by atoms with Crippen LogP contribution in [0.1, 0.15) is 27.8 Å². The molecule has 5 nitrogen and oxygen atoms in total. The number of carbonyl (C=O) groups excluding carboxylic acids is 1. The highest BCUT2D eigenvalue weighted by Gasteiger charge is 2.21. The van der Waals surface area contributed by atoms with Crippen molar-refractivity contribution in [1.82, 2.24) is 14.9 Å². The lowest BCUT2D eigenvalue weighted by Crippen LogP contribution is -2.31. The van der Waals surface area contributed by atoms with Crippen molar-refractivity contribution in [3.63, 3.8) is 0 Å². The first-order chi connectivity index (χ1) is 12.1. The number of carbonyl (C=O) groups is 1. The summed E-state index contributed by atoms with van der Waals surface area (Å²) < 4.78 is 8.14. The van der Waals surface area contributed by atoms with Crippen LogP contribution < -0.4 is 10.1 Å².